The zero-order valence-corrected chi connectivity index (χ0v) is 10.4. The van der Waals surface area contributed by atoms with Gasteiger partial charge in [-0.2, -0.15) is 0 Å². The van der Waals surface area contributed by atoms with E-state index in [0.717, 1.165) is 19.4 Å². The fraction of sp³-hybridized carbons (Fsp3) is 0.462. The van der Waals surface area contributed by atoms with Crippen LogP contribution in [-0.2, 0) is 0 Å². The molecule has 1 aliphatic rings. The van der Waals surface area contributed by atoms with Gasteiger partial charge in [0.1, 0.15) is 0 Å². The first-order valence-electron chi connectivity index (χ1n) is 5.84. The van der Waals surface area contributed by atoms with E-state index < -0.39 is 0 Å². The summed E-state index contributed by atoms with van der Waals surface area (Å²) in [5.74, 6) is 0.0570. The lowest BCUT2D eigenvalue weighted by molar-refractivity contribution is 0.0634. The molecule has 17 heavy (non-hydrogen) atoms. The molecule has 1 aromatic rings. The van der Waals surface area contributed by atoms with Gasteiger partial charge in [0.15, 0.2) is 5.78 Å². The molecule has 0 spiro atoms. The Bertz CT molecular complexity index is 408. The second-order valence-electron chi connectivity index (χ2n) is 4.46. The summed E-state index contributed by atoms with van der Waals surface area (Å²) >= 11 is 5.85. The van der Waals surface area contributed by atoms with E-state index in [9.17, 15) is 9.90 Å². The van der Waals surface area contributed by atoms with Crippen molar-refractivity contribution in [1.29, 1.82) is 0 Å². The maximum Gasteiger partial charge on any atom is 0.176 e. The highest BCUT2D eigenvalue weighted by Crippen LogP contribution is 2.14. The van der Waals surface area contributed by atoms with E-state index in [1.54, 1.807) is 24.3 Å². The molecule has 92 valence electrons. The molecule has 1 saturated heterocycles. The minimum absolute atomic E-state index is 0.0570. The number of nitrogens with zero attached hydrogens (tertiary/aromatic N) is 1. The maximum absolute atomic E-state index is 12.0. The molecule has 1 unspecified atom stereocenters. The summed E-state index contributed by atoms with van der Waals surface area (Å²) in [6.45, 7) is 1.83. The number of halogens is 1. The molecule has 1 N–H and O–H groups in total. The molecule has 2 rings (SSSR count). The Morgan fingerprint density at radius 1 is 1.53 bits per heavy atom. The molecule has 1 fully saturated rings. The Kier molecular flexibility index (Phi) is 4.15. The number of carbonyl (C=O) groups is 1. The molecule has 1 heterocycles. The van der Waals surface area contributed by atoms with Gasteiger partial charge in [0, 0.05) is 17.1 Å². The highest BCUT2D eigenvalue weighted by Gasteiger charge is 2.20. The first-order valence-corrected chi connectivity index (χ1v) is 6.22. The quantitative estimate of drug-likeness (QED) is 0.838. The number of hydrogen-bond donors (Lipinski definition) is 1. The van der Waals surface area contributed by atoms with E-state index >= 15 is 0 Å². The highest BCUT2D eigenvalue weighted by molar-refractivity contribution is 6.31. The van der Waals surface area contributed by atoms with Gasteiger partial charge in [0.2, 0.25) is 0 Å². The third kappa shape index (κ3) is 3.53. The Hall–Kier alpha value is -0.900. The van der Waals surface area contributed by atoms with Gasteiger partial charge in [0.05, 0.1) is 12.6 Å². The molecule has 0 amide bonds. The van der Waals surface area contributed by atoms with Gasteiger partial charge in [-0.3, -0.25) is 9.69 Å². The summed E-state index contributed by atoms with van der Waals surface area (Å²) in [7, 11) is 0. The Labute approximate surface area is 106 Å². The Morgan fingerprint density at radius 2 is 2.35 bits per heavy atom. The van der Waals surface area contributed by atoms with Crippen LogP contribution in [0.3, 0.4) is 0 Å². The van der Waals surface area contributed by atoms with Crippen LogP contribution in [0.1, 0.15) is 23.2 Å². The van der Waals surface area contributed by atoms with Crippen LogP contribution >= 0.6 is 11.6 Å². The van der Waals surface area contributed by atoms with E-state index in [1.807, 2.05) is 4.90 Å². The van der Waals surface area contributed by atoms with E-state index in [2.05, 4.69) is 0 Å². The lowest BCUT2D eigenvalue weighted by Crippen LogP contribution is -2.41. The number of ketones is 1. The van der Waals surface area contributed by atoms with Crippen LogP contribution in [0.25, 0.3) is 0 Å². The molecule has 0 bridgehead atoms. The third-order valence-corrected chi connectivity index (χ3v) is 3.23. The summed E-state index contributed by atoms with van der Waals surface area (Å²) in [6, 6.07) is 6.99. The molecule has 3 nitrogen and oxygen atoms in total. The van der Waals surface area contributed by atoms with Crippen molar-refractivity contribution < 1.29 is 9.90 Å². The van der Waals surface area contributed by atoms with Crippen LogP contribution in [-0.4, -0.2) is 41.5 Å². The first-order chi connectivity index (χ1) is 8.15. The van der Waals surface area contributed by atoms with Crippen molar-refractivity contribution in [2.75, 3.05) is 19.6 Å². The number of Topliss-reactive ketones (excluding diaryl/α,β-unsaturated/α-hetero) is 1. The van der Waals surface area contributed by atoms with Gasteiger partial charge in [-0.05, 0) is 31.5 Å². The SMILES string of the molecule is O=C(CN1CCCC(O)C1)c1cccc(Cl)c1. The predicted octanol–water partition coefficient (Wildman–Crippen LogP) is 1.98. The van der Waals surface area contributed by atoms with E-state index in [1.165, 1.54) is 0 Å². The minimum atomic E-state index is -0.295. The fourth-order valence-corrected chi connectivity index (χ4v) is 2.32. The minimum Gasteiger partial charge on any atom is -0.392 e. The van der Waals surface area contributed by atoms with Crippen LogP contribution in [0, 0.1) is 0 Å². The maximum atomic E-state index is 12.0. The first kappa shape index (κ1) is 12.6. The summed E-state index contributed by atoms with van der Waals surface area (Å²) in [5.41, 5.74) is 0.637. The number of hydrogen-bond acceptors (Lipinski definition) is 3. The van der Waals surface area contributed by atoms with E-state index in [0.29, 0.717) is 23.7 Å². The predicted molar refractivity (Wildman–Crippen MR) is 67.5 cm³/mol. The zero-order valence-electron chi connectivity index (χ0n) is 9.60. The molecular weight excluding hydrogens is 238 g/mol. The second kappa shape index (κ2) is 5.63. The van der Waals surface area contributed by atoms with Crippen molar-refractivity contribution in [3.8, 4) is 0 Å². The lowest BCUT2D eigenvalue weighted by Gasteiger charge is -2.29. The number of aliphatic hydroxyl groups is 1. The Balaban J connectivity index is 1.97. The standard InChI is InChI=1S/C13H16ClNO2/c14-11-4-1-3-10(7-11)13(17)9-15-6-2-5-12(16)8-15/h1,3-4,7,12,16H,2,5-6,8-9H2. The number of rotatable bonds is 3. The summed E-state index contributed by atoms with van der Waals surface area (Å²) in [4.78, 5) is 14.0. The molecule has 4 heteroatoms. The molecule has 1 aliphatic heterocycles. The van der Waals surface area contributed by atoms with Crippen LogP contribution in [0.5, 0.6) is 0 Å². The van der Waals surface area contributed by atoms with Gasteiger partial charge >= 0.3 is 0 Å². The summed E-state index contributed by atoms with van der Waals surface area (Å²) < 4.78 is 0. The molecule has 0 saturated carbocycles. The van der Waals surface area contributed by atoms with E-state index in [4.69, 9.17) is 11.6 Å². The smallest absolute Gasteiger partial charge is 0.176 e. The van der Waals surface area contributed by atoms with Crippen molar-refractivity contribution >= 4 is 17.4 Å². The average Bonchev–Trinajstić information content (AvgIpc) is 2.29. The summed E-state index contributed by atoms with van der Waals surface area (Å²) in [5, 5.41) is 10.1. The fourth-order valence-electron chi connectivity index (χ4n) is 2.13. The van der Waals surface area contributed by atoms with Crippen molar-refractivity contribution in [2.24, 2.45) is 0 Å². The van der Waals surface area contributed by atoms with Gasteiger partial charge in [0.25, 0.3) is 0 Å². The Morgan fingerprint density at radius 3 is 3.06 bits per heavy atom. The molecule has 0 aliphatic carbocycles. The third-order valence-electron chi connectivity index (χ3n) is 2.99. The van der Waals surface area contributed by atoms with Gasteiger partial charge < -0.3 is 5.11 Å². The van der Waals surface area contributed by atoms with Crippen LogP contribution < -0.4 is 0 Å². The molecular formula is C13H16ClNO2. The number of carbonyl (C=O) groups excluding carboxylic acids is 1. The molecule has 1 atom stereocenters. The number of piperidine rings is 1. The number of β-amino-alcohol motifs (C(OH)–C–C–N with tert-alkyl or cyclic N) is 1. The molecule has 0 aromatic heterocycles. The zero-order chi connectivity index (χ0) is 12.3. The second-order valence-corrected chi connectivity index (χ2v) is 4.90. The highest BCUT2D eigenvalue weighted by atomic mass is 35.5. The largest absolute Gasteiger partial charge is 0.392 e. The van der Waals surface area contributed by atoms with Crippen LogP contribution in [0.4, 0.5) is 0 Å². The number of likely N-dealkylation sites (tertiary alicyclic amines) is 1. The topological polar surface area (TPSA) is 40.5 Å². The lowest BCUT2D eigenvalue weighted by atomic mass is 10.1. The van der Waals surface area contributed by atoms with Crippen molar-refractivity contribution in [2.45, 2.75) is 18.9 Å². The van der Waals surface area contributed by atoms with Crippen LogP contribution in [0.15, 0.2) is 24.3 Å². The monoisotopic (exact) mass is 253 g/mol. The van der Waals surface area contributed by atoms with Gasteiger partial charge in [-0.25, -0.2) is 0 Å². The number of aliphatic hydroxyl groups excluding tert-OH is 1. The van der Waals surface area contributed by atoms with Crippen molar-refractivity contribution in [3.63, 3.8) is 0 Å². The van der Waals surface area contributed by atoms with Gasteiger partial charge in [-0.15, -0.1) is 0 Å². The molecule has 0 radical (unpaired) electrons. The van der Waals surface area contributed by atoms with Crippen molar-refractivity contribution in [1.82, 2.24) is 4.90 Å². The summed E-state index contributed by atoms with van der Waals surface area (Å²) in [6.07, 6.45) is 1.49. The normalized spacial score (nSPS) is 21.4. The molecule has 1 aromatic carbocycles. The van der Waals surface area contributed by atoms with Crippen LogP contribution in [0.2, 0.25) is 5.02 Å². The number of benzene rings is 1. The van der Waals surface area contributed by atoms with Gasteiger partial charge in [-0.1, -0.05) is 23.7 Å². The van der Waals surface area contributed by atoms with E-state index in [-0.39, 0.29) is 11.9 Å². The van der Waals surface area contributed by atoms with Crippen molar-refractivity contribution in [3.05, 3.63) is 34.9 Å². The average molecular weight is 254 g/mol.